The average molecular weight is 446 g/mol. The number of aromatic amines is 2. The number of carbonyl (C=O) groups excluding carboxylic acids is 2. The molecule has 6 N–H and O–H groups in total. The molecular formula is C20H20ClN5O5. The van der Waals surface area contributed by atoms with Gasteiger partial charge in [0.1, 0.15) is 17.4 Å². The van der Waals surface area contributed by atoms with E-state index in [0.717, 1.165) is 11.1 Å². The van der Waals surface area contributed by atoms with Gasteiger partial charge in [0.05, 0.1) is 6.61 Å². The monoisotopic (exact) mass is 445 g/mol. The van der Waals surface area contributed by atoms with Crippen LogP contribution in [0.25, 0.3) is 22.4 Å². The molecule has 3 aromatic rings. The molecule has 0 bridgehead atoms. The highest BCUT2D eigenvalue weighted by Crippen LogP contribution is 2.32. The zero-order valence-corrected chi connectivity index (χ0v) is 17.2. The molecule has 1 atom stereocenters. The highest BCUT2D eigenvalue weighted by atomic mass is 35.5. The third-order valence-corrected chi connectivity index (χ3v) is 4.87. The second-order valence-corrected chi connectivity index (χ2v) is 7.12. The van der Waals surface area contributed by atoms with Crippen LogP contribution < -0.4 is 10.6 Å². The number of nitrogens with one attached hydrogen (secondary N) is 4. The summed E-state index contributed by atoms with van der Waals surface area (Å²) in [5, 5.41) is 30.7. The van der Waals surface area contributed by atoms with E-state index in [4.69, 9.17) is 16.7 Å². The van der Waals surface area contributed by atoms with Gasteiger partial charge in [-0.15, -0.1) is 0 Å². The molecule has 3 rings (SSSR count). The SMILES string of the molecule is CC(=O)NC(CO)C(=O)NCc1ccc(-c2c[nH]nc2-c2c[nH]c(C(=O)O)c2)cc1Cl. The first-order chi connectivity index (χ1) is 14.8. The molecule has 0 radical (unpaired) electrons. The van der Waals surface area contributed by atoms with Crippen molar-refractivity contribution >= 4 is 29.4 Å². The number of carboxylic acid groups (broad SMARTS) is 1. The second-order valence-electron chi connectivity index (χ2n) is 6.71. The van der Waals surface area contributed by atoms with E-state index in [1.165, 1.54) is 13.0 Å². The number of aliphatic hydroxyl groups excluding tert-OH is 1. The van der Waals surface area contributed by atoms with Crippen molar-refractivity contribution in [2.24, 2.45) is 0 Å². The summed E-state index contributed by atoms with van der Waals surface area (Å²) in [6, 6.07) is 5.69. The number of halogens is 1. The third kappa shape index (κ3) is 5.11. The quantitative estimate of drug-likeness (QED) is 0.308. The molecule has 10 nitrogen and oxygen atoms in total. The fourth-order valence-corrected chi connectivity index (χ4v) is 3.24. The van der Waals surface area contributed by atoms with Crippen molar-refractivity contribution in [1.82, 2.24) is 25.8 Å². The van der Waals surface area contributed by atoms with E-state index in [-0.39, 0.29) is 12.2 Å². The van der Waals surface area contributed by atoms with Crippen LogP contribution >= 0.6 is 11.6 Å². The van der Waals surface area contributed by atoms with Gasteiger partial charge in [-0.25, -0.2) is 4.79 Å². The molecule has 0 aliphatic rings. The van der Waals surface area contributed by atoms with Crippen LogP contribution in [-0.2, 0) is 16.1 Å². The van der Waals surface area contributed by atoms with Gasteiger partial charge in [0.25, 0.3) is 0 Å². The van der Waals surface area contributed by atoms with Crippen molar-refractivity contribution in [3.05, 3.63) is 52.9 Å². The van der Waals surface area contributed by atoms with Gasteiger partial charge in [-0.2, -0.15) is 5.10 Å². The van der Waals surface area contributed by atoms with Gasteiger partial charge >= 0.3 is 5.97 Å². The Labute approximate surface area is 181 Å². The summed E-state index contributed by atoms with van der Waals surface area (Å²) in [5.74, 6) is -2.03. The number of H-pyrrole nitrogens is 2. The predicted molar refractivity (Wildman–Crippen MR) is 112 cm³/mol. The van der Waals surface area contributed by atoms with Crippen molar-refractivity contribution < 1.29 is 24.6 Å². The fourth-order valence-electron chi connectivity index (χ4n) is 2.99. The number of aromatic carboxylic acids is 1. The number of aliphatic hydroxyl groups is 1. The van der Waals surface area contributed by atoms with Crippen molar-refractivity contribution in [2.45, 2.75) is 19.5 Å². The first-order valence-corrected chi connectivity index (χ1v) is 9.58. The maximum absolute atomic E-state index is 12.1. The molecule has 11 heteroatoms. The summed E-state index contributed by atoms with van der Waals surface area (Å²) < 4.78 is 0. The summed E-state index contributed by atoms with van der Waals surface area (Å²) in [4.78, 5) is 37.0. The van der Waals surface area contributed by atoms with E-state index in [1.807, 2.05) is 0 Å². The number of benzene rings is 1. The Morgan fingerprint density at radius 3 is 2.58 bits per heavy atom. The lowest BCUT2D eigenvalue weighted by atomic mass is 10.0. The zero-order valence-electron chi connectivity index (χ0n) is 16.4. The van der Waals surface area contributed by atoms with Crippen LogP contribution in [0.2, 0.25) is 5.02 Å². The molecule has 0 fully saturated rings. The summed E-state index contributed by atoms with van der Waals surface area (Å²) >= 11 is 6.39. The maximum Gasteiger partial charge on any atom is 0.352 e. The highest BCUT2D eigenvalue weighted by molar-refractivity contribution is 6.31. The van der Waals surface area contributed by atoms with Crippen LogP contribution in [0.1, 0.15) is 23.0 Å². The number of nitrogens with zero attached hydrogens (tertiary/aromatic N) is 1. The third-order valence-electron chi connectivity index (χ3n) is 4.52. The molecule has 31 heavy (non-hydrogen) atoms. The van der Waals surface area contributed by atoms with E-state index < -0.39 is 30.4 Å². The lowest BCUT2D eigenvalue weighted by molar-refractivity contribution is -0.129. The van der Waals surface area contributed by atoms with Crippen LogP contribution in [0.5, 0.6) is 0 Å². The Morgan fingerprint density at radius 1 is 1.19 bits per heavy atom. The molecule has 1 unspecified atom stereocenters. The number of aromatic nitrogens is 3. The Bertz CT molecular complexity index is 1120. The molecule has 2 heterocycles. The first-order valence-electron chi connectivity index (χ1n) is 9.20. The maximum atomic E-state index is 12.1. The summed E-state index contributed by atoms with van der Waals surface area (Å²) in [7, 11) is 0. The molecule has 0 spiro atoms. The van der Waals surface area contributed by atoms with Gasteiger partial charge in [-0.05, 0) is 23.3 Å². The van der Waals surface area contributed by atoms with Gasteiger partial charge in [-0.3, -0.25) is 14.7 Å². The number of carbonyl (C=O) groups is 3. The average Bonchev–Trinajstić information content (AvgIpc) is 3.39. The molecule has 0 aliphatic carbocycles. The molecule has 2 aromatic heterocycles. The molecule has 0 saturated heterocycles. The number of carboxylic acids is 1. The number of amides is 2. The van der Waals surface area contributed by atoms with Gasteiger partial charge in [0, 0.05) is 42.0 Å². The van der Waals surface area contributed by atoms with Crippen molar-refractivity contribution in [3.8, 4) is 22.4 Å². The molecule has 0 saturated carbocycles. The van der Waals surface area contributed by atoms with E-state index in [1.54, 1.807) is 30.6 Å². The smallest absolute Gasteiger partial charge is 0.352 e. The largest absolute Gasteiger partial charge is 0.477 e. The van der Waals surface area contributed by atoms with Crippen LogP contribution in [0.4, 0.5) is 0 Å². The van der Waals surface area contributed by atoms with E-state index in [2.05, 4.69) is 25.8 Å². The van der Waals surface area contributed by atoms with Gasteiger partial charge < -0.3 is 25.8 Å². The van der Waals surface area contributed by atoms with Crippen LogP contribution in [0.3, 0.4) is 0 Å². The summed E-state index contributed by atoms with van der Waals surface area (Å²) in [5.41, 5.74) is 3.32. The van der Waals surface area contributed by atoms with Gasteiger partial charge in [0.2, 0.25) is 11.8 Å². The topological polar surface area (TPSA) is 160 Å². The molecule has 2 amide bonds. The minimum absolute atomic E-state index is 0.0496. The van der Waals surface area contributed by atoms with Gasteiger partial charge in [-0.1, -0.05) is 23.7 Å². The first kappa shape index (κ1) is 22.1. The Morgan fingerprint density at radius 2 is 1.97 bits per heavy atom. The lowest BCUT2D eigenvalue weighted by Crippen LogP contribution is -2.48. The van der Waals surface area contributed by atoms with Crippen molar-refractivity contribution in [1.29, 1.82) is 0 Å². The Balaban J connectivity index is 1.76. The minimum Gasteiger partial charge on any atom is -0.477 e. The van der Waals surface area contributed by atoms with Crippen molar-refractivity contribution in [3.63, 3.8) is 0 Å². The van der Waals surface area contributed by atoms with Crippen LogP contribution in [-0.4, -0.2) is 55.8 Å². The number of rotatable bonds is 8. The Kier molecular flexibility index (Phi) is 6.73. The van der Waals surface area contributed by atoms with E-state index >= 15 is 0 Å². The van der Waals surface area contributed by atoms with E-state index in [9.17, 15) is 19.5 Å². The van der Waals surface area contributed by atoms with Crippen LogP contribution in [0.15, 0.2) is 36.7 Å². The lowest BCUT2D eigenvalue weighted by Gasteiger charge is -2.15. The molecule has 0 aliphatic heterocycles. The number of hydrogen-bond acceptors (Lipinski definition) is 5. The highest BCUT2D eigenvalue weighted by Gasteiger charge is 2.19. The number of hydrogen-bond donors (Lipinski definition) is 6. The molecular weight excluding hydrogens is 426 g/mol. The molecule has 162 valence electrons. The zero-order chi connectivity index (χ0) is 22.5. The summed E-state index contributed by atoms with van der Waals surface area (Å²) in [6.45, 7) is 0.835. The van der Waals surface area contributed by atoms with Crippen LogP contribution in [0, 0.1) is 0 Å². The minimum atomic E-state index is -1.07. The Hall–Kier alpha value is -3.63. The second kappa shape index (κ2) is 9.45. The standard InChI is InChI=1S/C20H20ClN5O5/c1-10(28)25-17(9-27)19(29)23-6-12-3-2-11(4-15(12)21)14-8-24-26-18(14)13-5-16(20(30)31)22-7-13/h2-5,7-8,17,22,27H,6,9H2,1H3,(H,23,29)(H,24,26)(H,25,28)(H,30,31). The fraction of sp³-hybridized carbons (Fsp3) is 0.200. The van der Waals surface area contributed by atoms with Gasteiger partial charge in [0.15, 0.2) is 0 Å². The predicted octanol–water partition coefficient (Wildman–Crippen LogP) is 1.54. The summed E-state index contributed by atoms with van der Waals surface area (Å²) in [6.07, 6.45) is 3.23. The van der Waals surface area contributed by atoms with Crippen molar-refractivity contribution in [2.75, 3.05) is 6.61 Å². The molecule has 1 aromatic carbocycles. The normalized spacial score (nSPS) is 11.7. The van der Waals surface area contributed by atoms with E-state index in [0.29, 0.717) is 21.8 Å².